The highest BCUT2D eigenvalue weighted by Gasteiger charge is 2.30. The highest BCUT2D eigenvalue weighted by molar-refractivity contribution is 5.85. The lowest BCUT2D eigenvalue weighted by atomic mass is 9.95. The number of amides is 1. The van der Waals surface area contributed by atoms with Crippen molar-refractivity contribution in [3.05, 3.63) is 53.4 Å². The number of fused-ring (bicyclic) bond motifs is 1. The number of oxazole rings is 1. The molecule has 1 amide bonds. The van der Waals surface area contributed by atoms with Crippen LogP contribution in [0.4, 0.5) is 13.2 Å². The van der Waals surface area contributed by atoms with Gasteiger partial charge in [0.25, 0.3) is 0 Å². The second-order valence-corrected chi connectivity index (χ2v) is 6.56. The molecule has 1 heterocycles. The van der Waals surface area contributed by atoms with Crippen LogP contribution in [-0.2, 0) is 23.8 Å². The molecule has 0 aliphatic rings. The molecular formula is C21H21F3N2O2. The molecule has 7 heteroatoms. The van der Waals surface area contributed by atoms with E-state index in [0.29, 0.717) is 42.8 Å². The summed E-state index contributed by atoms with van der Waals surface area (Å²) in [6.45, 7) is 3.91. The normalized spacial score (nSPS) is 11.8. The second kappa shape index (κ2) is 8.04. The van der Waals surface area contributed by atoms with Crippen LogP contribution in [-0.4, -0.2) is 17.4 Å². The summed E-state index contributed by atoms with van der Waals surface area (Å²) in [6, 6.07) is 8.79. The second-order valence-electron chi connectivity index (χ2n) is 6.56. The molecule has 3 rings (SSSR count). The van der Waals surface area contributed by atoms with Crippen LogP contribution in [0.15, 0.2) is 40.8 Å². The first-order valence-corrected chi connectivity index (χ1v) is 9.13. The van der Waals surface area contributed by atoms with Gasteiger partial charge in [0, 0.05) is 25.5 Å². The molecule has 0 saturated heterocycles. The Kier molecular flexibility index (Phi) is 5.72. The molecule has 1 aromatic heterocycles. The lowest BCUT2D eigenvalue weighted by Gasteiger charge is -2.12. The first-order chi connectivity index (χ1) is 13.3. The number of alkyl halides is 3. The number of rotatable bonds is 6. The maximum absolute atomic E-state index is 12.9. The Bertz CT molecular complexity index is 976. The van der Waals surface area contributed by atoms with E-state index in [2.05, 4.69) is 10.3 Å². The van der Waals surface area contributed by atoms with Gasteiger partial charge in [-0.05, 0) is 42.2 Å². The van der Waals surface area contributed by atoms with Gasteiger partial charge >= 0.3 is 6.18 Å². The minimum Gasteiger partial charge on any atom is -0.440 e. The molecule has 0 aliphatic heterocycles. The number of aromatic nitrogens is 1. The Balaban J connectivity index is 2.00. The fourth-order valence-corrected chi connectivity index (χ4v) is 3.13. The number of hydrogen-bond acceptors (Lipinski definition) is 3. The molecule has 0 atom stereocenters. The highest BCUT2D eigenvalue weighted by atomic mass is 19.4. The van der Waals surface area contributed by atoms with E-state index in [9.17, 15) is 18.0 Å². The molecule has 0 fully saturated rings. The molecule has 4 nitrogen and oxygen atoms in total. The van der Waals surface area contributed by atoms with Crippen LogP contribution < -0.4 is 5.32 Å². The molecule has 0 unspecified atom stereocenters. The van der Waals surface area contributed by atoms with Gasteiger partial charge in [0.2, 0.25) is 5.91 Å². The Morgan fingerprint density at radius 2 is 1.86 bits per heavy atom. The smallest absolute Gasteiger partial charge is 0.416 e. The van der Waals surface area contributed by atoms with E-state index >= 15 is 0 Å². The zero-order valence-corrected chi connectivity index (χ0v) is 15.7. The van der Waals surface area contributed by atoms with E-state index in [1.165, 1.54) is 19.1 Å². The predicted molar refractivity (Wildman–Crippen MR) is 101 cm³/mol. The van der Waals surface area contributed by atoms with Crippen molar-refractivity contribution >= 4 is 17.0 Å². The lowest BCUT2D eigenvalue weighted by molar-refractivity contribution is -0.137. The molecule has 148 valence electrons. The number of halogens is 3. The van der Waals surface area contributed by atoms with E-state index < -0.39 is 11.7 Å². The fraction of sp³-hybridized carbons (Fsp3) is 0.333. The van der Waals surface area contributed by atoms with Crippen LogP contribution in [0, 0.1) is 0 Å². The minimum atomic E-state index is -4.37. The van der Waals surface area contributed by atoms with Crippen LogP contribution in [0.25, 0.3) is 22.2 Å². The maximum Gasteiger partial charge on any atom is 0.416 e. The fourth-order valence-electron chi connectivity index (χ4n) is 3.13. The average Bonchev–Trinajstić information content (AvgIpc) is 3.08. The Labute approximate surface area is 160 Å². The molecule has 0 saturated carbocycles. The van der Waals surface area contributed by atoms with Gasteiger partial charge in [0.05, 0.1) is 5.56 Å². The first kappa shape index (κ1) is 19.9. The average molecular weight is 390 g/mol. The number of carbonyl (C=O) groups excluding carboxylic acids is 1. The van der Waals surface area contributed by atoms with Crippen molar-refractivity contribution in [1.29, 1.82) is 0 Å². The standard InChI is InChI=1S/C21H21F3N2O2/c1-3-19-26-18-11-10-16(14-6-8-15(9-7-14)21(22,23)24)17(20(18)28-19)5-4-12-25-13(2)27/h6-11H,3-5,12H2,1-2H3,(H,25,27). The molecule has 0 radical (unpaired) electrons. The Morgan fingerprint density at radius 1 is 1.14 bits per heavy atom. The maximum atomic E-state index is 12.9. The van der Waals surface area contributed by atoms with E-state index in [-0.39, 0.29) is 5.91 Å². The van der Waals surface area contributed by atoms with Gasteiger partial charge < -0.3 is 9.73 Å². The number of nitrogens with one attached hydrogen (secondary N) is 1. The summed E-state index contributed by atoms with van der Waals surface area (Å²) in [5, 5.41) is 2.75. The summed E-state index contributed by atoms with van der Waals surface area (Å²) in [4.78, 5) is 15.5. The third-order valence-electron chi connectivity index (χ3n) is 4.51. The van der Waals surface area contributed by atoms with Crippen molar-refractivity contribution in [2.45, 2.75) is 39.3 Å². The summed E-state index contributed by atoms with van der Waals surface area (Å²) in [7, 11) is 0. The Hall–Kier alpha value is -2.83. The van der Waals surface area contributed by atoms with Crippen LogP contribution in [0.2, 0.25) is 0 Å². The number of hydrogen-bond donors (Lipinski definition) is 1. The van der Waals surface area contributed by atoms with Crippen LogP contribution in [0.5, 0.6) is 0 Å². The van der Waals surface area contributed by atoms with Gasteiger partial charge in [-0.1, -0.05) is 25.1 Å². The number of benzene rings is 2. The zero-order chi connectivity index (χ0) is 20.3. The third kappa shape index (κ3) is 4.35. The minimum absolute atomic E-state index is 0.103. The van der Waals surface area contributed by atoms with Crippen LogP contribution >= 0.6 is 0 Å². The van der Waals surface area contributed by atoms with Crippen molar-refractivity contribution in [3.8, 4) is 11.1 Å². The highest BCUT2D eigenvalue weighted by Crippen LogP contribution is 2.34. The van der Waals surface area contributed by atoms with Gasteiger partial charge in [-0.15, -0.1) is 0 Å². The van der Waals surface area contributed by atoms with Crippen molar-refractivity contribution < 1.29 is 22.4 Å². The summed E-state index contributed by atoms with van der Waals surface area (Å²) in [5.74, 6) is 0.511. The molecule has 2 aromatic carbocycles. The van der Waals surface area contributed by atoms with Gasteiger partial charge in [-0.25, -0.2) is 4.98 Å². The van der Waals surface area contributed by atoms with E-state index in [0.717, 1.165) is 28.8 Å². The quantitative estimate of drug-likeness (QED) is 0.593. The van der Waals surface area contributed by atoms with Crippen LogP contribution in [0.3, 0.4) is 0 Å². The first-order valence-electron chi connectivity index (χ1n) is 9.13. The molecule has 0 bridgehead atoms. The lowest BCUT2D eigenvalue weighted by Crippen LogP contribution is -2.21. The number of carbonyl (C=O) groups is 1. The SMILES string of the molecule is CCc1nc2ccc(-c3ccc(C(F)(F)F)cc3)c(CCCNC(C)=O)c2o1. The monoisotopic (exact) mass is 390 g/mol. The molecule has 28 heavy (non-hydrogen) atoms. The van der Waals surface area contributed by atoms with E-state index in [4.69, 9.17) is 4.42 Å². The summed E-state index contributed by atoms with van der Waals surface area (Å²) in [6.07, 6.45) is -2.44. The van der Waals surface area contributed by atoms with E-state index in [1.54, 1.807) is 0 Å². The number of nitrogens with zero attached hydrogens (tertiary/aromatic N) is 1. The molecule has 0 spiro atoms. The largest absolute Gasteiger partial charge is 0.440 e. The molecule has 0 aliphatic carbocycles. The molecule has 1 N–H and O–H groups in total. The van der Waals surface area contributed by atoms with E-state index in [1.807, 2.05) is 19.1 Å². The topological polar surface area (TPSA) is 55.1 Å². The third-order valence-corrected chi connectivity index (χ3v) is 4.51. The zero-order valence-electron chi connectivity index (χ0n) is 15.7. The van der Waals surface area contributed by atoms with Crippen LogP contribution in [0.1, 0.15) is 37.3 Å². The van der Waals surface area contributed by atoms with Gasteiger partial charge in [0.1, 0.15) is 5.52 Å². The van der Waals surface area contributed by atoms with Crippen molar-refractivity contribution in [1.82, 2.24) is 10.3 Å². The van der Waals surface area contributed by atoms with Gasteiger partial charge in [-0.3, -0.25) is 4.79 Å². The number of aryl methyl sites for hydroxylation is 2. The summed E-state index contributed by atoms with van der Waals surface area (Å²) in [5.41, 5.74) is 3.06. The van der Waals surface area contributed by atoms with Crippen molar-refractivity contribution in [3.63, 3.8) is 0 Å². The van der Waals surface area contributed by atoms with Gasteiger partial charge in [-0.2, -0.15) is 13.2 Å². The van der Waals surface area contributed by atoms with Crippen molar-refractivity contribution in [2.24, 2.45) is 0 Å². The molecular weight excluding hydrogens is 369 g/mol. The summed E-state index contributed by atoms with van der Waals surface area (Å²) < 4.78 is 44.5. The van der Waals surface area contributed by atoms with Gasteiger partial charge in [0.15, 0.2) is 11.5 Å². The van der Waals surface area contributed by atoms with Crippen molar-refractivity contribution in [2.75, 3.05) is 6.54 Å². The Morgan fingerprint density at radius 3 is 2.46 bits per heavy atom. The summed E-state index contributed by atoms with van der Waals surface area (Å²) >= 11 is 0. The molecule has 3 aromatic rings. The predicted octanol–water partition coefficient (Wildman–Crippen LogP) is 5.14.